The molecular formula is C24H38N2O3. The highest BCUT2D eigenvalue weighted by molar-refractivity contribution is 5.85. The van der Waals surface area contributed by atoms with Crippen LogP contribution in [-0.4, -0.2) is 52.9 Å². The maximum atomic E-state index is 13.2. The molecule has 2 amide bonds. The molecule has 1 atom stereocenters. The Morgan fingerprint density at radius 1 is 1.24 bits per heavy atom. The first-order chi connectivity index (χ1) is 13.2. The lowest BCUT2D eigenvalue weighted by Crippen LogP contribution is -2.49. The number of hydrogen-bond acceptors (Lipinski definition) is 3. The summed E-state index contributed by atoms with van der Waals surface area (Å²) in [6.45, 7) is 17.3. The van der Waals surface area contributed by atoms with Gasteiger partial charge in [-0.15, -0.1) is 0 Å². The van der Waals surface area contributed by atoms with Crippen LogP contribution in [0.15, 0.2) is 18.2 Å². The molecule has 0 aliphatic carbocycles. The van der Waals surface area contributed by atoms with E-state index in [1.165, 1.54) is 0 Å². The Hall–Kier alpha value is -2.04. The molecule has 0 spiro atoms. The average molecular weight is 403 g/mol. The number of amides is 2. The van der Waals surface area contributed by atoms with Crippen molar-refractivity contribution in [3.8, 4) is 5.75 Å². The fraction of sp³-hybridized carbons (Fsp3) is 0.667. The quantitative estimate of drug-likeness (QED) is 0.709. The van der Waals surface area contributed by atoms with Crippen molar-refractivity contribution in [3.05, 3.63) is 29.3 Å². The van der Waals surface area contributed by atoms with Gasteiger partial charge in [-0.1, -0.05) is 26.0 Å². The lowest BCUT2D eigenvalue weighted by Gasteiger charge is -2.34. The van der Waals surface area contributed by atoms with Crippen molar-refractivity contribution in [2.45, 2.75) is 78.9 Å². The molecule has 1 fully saturated rings. The van der Waals surface area contributed by atoms with Crippen molar-refractivity contribution in [3.63, 3.8) is 0 Å². The number of likely N-dealkylation sites (tertiary alicyclic amines) is 1. The summed E-state index contributed by atoms with van der Waals surface area (Å²) in [4.78, 5) is 29.2. The lowest BCUT2D eigenvalue weighted by atomic mass is 9.99. The zero-order chi connectivity index (χ0) is 22.1. The van der Waals surface area contributed by atoms with Crippen LogP contribution in [0.3, 0.4) is 0 Å². The molecule has 0 N–H and O–H groups in total. The number of rotatable bonds is 6. The molecule has 1 aromatic rings. The van der Waals surface area contributed by atoms with E-state index in [-0.39, 0.29) is 23.3 Å². The van der Waals surface area contributed by atoms with Crippen LogP contribution in [0.25, 0.3) is 0 Å². The maximum absolute atomic E-state index is 13.2. The summed E-state index contributed by atoms with van der Waals surface area (Å²) >= 11 is 0. The molecule has 1 aliphatic heterocycles. The van der Waals surface area contributed by atoms with Crippen molar-refractivity contribution in [1.82, 2.24) is 9.80 Å². The molecule has 1 unspecified atom stereocenters. The summed E-state index contributed by atoms with van der Waals surface area (Å²) in [5.74, 6) is 1.32. The van der Waals surface area contributed by atoms with Crippen LogP contribution in [0, 0.1) is 12.8 Å². The number of nitrogens with zero attached hydrogens (tertiary/aromatic N) is 2. The van der Waals surface area contributed by atoms with E-state index in [0.717, 1.165) is 16.9 Å². The van der Waals surface area contributed by atoms with E-state index in [1.807, 2.05) is 52.5 Å². The van der Waals surface area contributed by atoms with E-state index in [2.05, 4.69) is 26.0 Å². The number of ether oxygens (including phenoxy) is 1. The van der Waals surface area contributed by atoms with Crippen LogP contribution in [0.2, 0.25) is 0 Å². The molecule has 0 saturated carbocycles. The monoisotopic (exact) mass is 402 g/mol. The number of carbonyl (C=O) groups is 2. The van der Waals surface area contributed by atoms with E-state index in [1.54, 1.807) is 11.9 Å². The smallest absolute Gasteiger partial charge is 0.265 e. The van der Waals surface area contributed by atoms with Gasteiger partial charge in [0, 0.05) is 38.0 Å². The molecule has 1 aliphatic rings. The van der Waals surface area contributed by atoms with Crippen LogP contribution in [0.5, 0.6) is 5.75 Å². The number of likely N-dealkylation sites (N-methyl/N-ethyl adjacent to an activating group) is 1. The second kappa shape index (κ2) is 8.37. The molecule has 1 saturated heterocycles. The third-order valence-corrected chi connectivity index (χ3v) is 5.56. The minimum absolute atomic E-state index is 0.0737. The van der Waals surface area contributed by atoms with E-state index < -0.39 is 5.60 Å². The fourth-order valence-electron chi connectivity index (χ4n) is 4.01. The van der Waals surface area contributed by atoms with Crippen LogP contribution in [-0.2, 0) is 9.59 Å². The van der Waals surface area contributed by atoms with Crippen molar-refractivity contribution in [2.24, 2.45) is 5.92 Å². The lowest BCUT2D eigenvalue weighted by molar-refractivity contribution is -0.144. The highest BCUT2D eigenvalue weighted by Gasteiger charge is 2.39. The summed E-state index contributed by atoms with van der Waals surface area (Å²) in [6.07, 6.45) is 0.492. The van der Waals surface area contributed by atoms with Gasteiger partial charge in [-0.3, -0.25) is 9.59 Å². The zero-order valence-electron chi connectivity index (χ0n) is 19.6. The van der Waals surface area contributed by atoms with E-state index in [9.17, 15) is 9.59 Å². The summed E-state index contributed by atoms with van der Waals surface area (Å²) in [5, 5.41) is 0. The Morgan fingerprint density at radius 2 is 1.86 bits per heavy atom. The molecule has 5 heteroatoms. The number of benzene rings is 1. The normalized spacial score (nSPS) is 17.8. The van der Waals surface area contributed by atoms with E-state index in [4.69, 9.17) is 4.74 Å². The molecule has 1 aromatic carbocycles. The third-order valence-electron chi connectivity index (χ3n) is 5.56. The second-order valence-electron chi connectivity index (χ2n) is 10.2. The van der Waals surface area contributed by atoms with Gasteiger partial charge >= 0.3 is 0 Å². The molecule has 162 valence electrons. The van der Waals surface area contributed by atoms with Gasteiger partial charge in [0.15, 0.2) is 5.60 Å². The average Bonchev–Trinajstić information content (AvgIpc) is 2.94. The topological polar surface area (TPSA) is 49.9 Å². The van der Waals surface area contributed by atoms with Gasteiger partial charge in [0.2, 0.25) is 5.91 Å². The van der Waals surface area contributed by atoms with Crippen molar-refractivity contribution in [1.29, 1.82) is 0 Å². The standard InChI is InChI=1S/C24H38N2O3/c1-16(2)19-11-10-17(3)12-20(19)29-24(7,8)22(28)25(9)14-18-13-21(27)26(15-18)23(4,5)6/h10-12,16,18H,13-15H2,1-9H3. The molecule has 1 heterocycles. The molecular weight excluding hydrogens is 364 g/mol. The zero-order valence-corrected chi connectivity index (χ0v) is 19.6. The molecule has 0 bridgehead atoms. The van der Waals surface area contributed by atoms with Crippen LogP contribution in [0.1, 0.15) is 71.9 Å². The second-order valence-corrected chi connectivity index (χ2v) is 10.2. The summed E-state index contributed by atoms with van der Waals surface area (Å²) in [6, 6.07) is 6.15. The largest absolute Gasteiger partial charge is 0.478 e. The number of hydrogen-bond donors (Lipinski definition) is 0. The fourth-order valence-corrected chi connectivity index (χ4v) is 4.01. The van der Waals surface area contributed by atoms with Crippen LogP contribution < -0.4 is 4.74 Å². The maximum Gasteiger partial charge on any atom is 0.265 e. The molecule has 0 radical (unpaired) electrons. The minimum atomic E-state index is -0.988. The number of aryl methyl sites for hydroxylation is 1. The van der Waals surface area contributed by atoms with Gasteiger partial charge in [0.25, 0.3) is 5.91 Å². The predicted molar refractivity (Wildman–Crippen MR) is 117 cm³/mol. The SMILES string of the molecule is Cc1ccc(C(C)C)c(OC(C)(C)C(=O)N(C)CC2CC(=O)N(C(C)(C)C)C2)c1. The van der Waals surface area contributed by atoms with Gasteiger partial charge in [0.05, 0.1) is 0 Å². The third kappa shape index (κ3) is 5.52. The Labute approximate surface area is 176 Å². The van der Waals surface area contributed by atoms with Gasteiger partial charge in [-0.25, -0.2) is 0 Å². The number of carbonyl (C=O) groups excluding carboxylic acids is 2. The first-order valence-electron chi connectivity index (χ1n) is 10.6. The molecule has 2 rings (SSSR count). The van der Waals surface area contributed by atoms with Crippen molar-refractivity contribution in [2.75, 3.05) is 20.1 Å². The Kier molecular flexibility index (Phi) is 6.71. The van der Waals surface area contributed by atoms with Crippen molar-refractivity contribution >= 4 is 11.8 Å². The summed E-state index contributed by atoms with van der Waals surface area (Å²) < 4.78 is 6.25. The van der Waals surface area contributed by atoms with Crippen LogP contribution in [0.4, 0.5) is 0 Å². The molecule has 0 aromatic heterocycles. The predicted octanol–water partition coefficient (Wildman–Crippen LogP) is 4.38. The van der Waals surface area contributed by atoms with E-state index >= 15 is 0 Å². The Bertz CT molecular complexity index is 762. The molecule has 5 nitrogen and oxygen atoms in total. The first-order valence-corrected chi connectivity index (χ1v) is 10.6. The Morgan fingerprint density at radius 3 is 2.38 bits per heavy atom. The van der Waals surface area contributed by atoms with Crippen molar-refractivity contribution < 1.29 is 14.3 Å². The summed E-state index contributed by atoms with van der Waals surface area (Å²) in [5.41, 5.74) is 1.03. The highest BCUT2D eigenvalue weighted by Crippen LogP contribution is 2.31. The first kappa shape index (κ1) is 23.2. The van der Waals surface area contributed by atoms with Gasteiger partial charge < -0.3 is 14.5 Å². The Balaban J connectivity index is 2.09. The summed E-state index contributed by atoms with van der Waals surface area (Å²) in [7, 11) is 1.80. The van der Waals surface area contributed by atoms with Gasteiger partial charge in [0.1, 0.15) is 5.75 Å². The molecule has 29 heavy (non-hydrogen) atoms. The highest BCUT2D eigenvalue weighted by atomic mass is 16.5. The van der Waals surface area contributed by atoms with E-state index in [0.29, 0.717) is 25.4 Å². The van der Waals surface area contributed by atoms with Gasteiger partial charge in [-0.05, 0) is 64.7 Å². The van der Waals surface area contributed by atoms with Crippen LogP contribution >= 0.6 is 0 Å². The minimum Gasteiger partial charge on any atom is -0.478 e. The van der Waals surface area contributed by atoms with Gasteiger partial charge in [-0.2, -0.15) is 0 Å².